The van der Waals surface area contributed by atoms with Gasteiger partial charge in [-0.15, -0.1) is 0 Å². The average Bonchev–Trinajstić information content (AvgIpc) is 2.77. The SMILES string of the molecule is CCO.CCc1ccccc1.CCc1ccccc1CC.c1ccccc1. The van der Waals surface area contributed by atoms with Crippen LogP contribution in [0.2, 0.25) is 0 Å². The highest BCUT2D eigenvalue weighted by atomic mass is 16.2. The van der Waals surface area contributed by atoms with E-state index in [0.29, 0.717) is 0 Å². The van der Waals surface area contributed by atoms with Crippen LogP contribution in [0.1, 0.15) is 44.4 Å². The number of aliphatic hydroxyl groups excluding tert-OH is 1. The fourth-order valence-corrected chi connectivity index (χ4v) is 2.35. The molecule has 0 aliphatic carbocycles. The summed E-state index contributed by atoms with van der Waals surface area (Å²) in [5, 5.41) is 7.57. The summed E-state index contributed by atoms with van der Waals surface area (Å²) in [5.74, 6) is 0. The average molecular weight is 365 g/mol. The van der Waals surface area contributed by atoms with Crippen molar-refractivity contribution in [1.29, 1.82) is 0 Å². The maximum atomic E-state index is 7.57. The van der Waals surface area contributed by atoms with Gasteiger partial charge in [0.2, 0.25) is 0 Å². The van der Waals surface area contributed by atoms with Gasteiger partial charge in [-0.05, 0) is 42.9 Å². The molecule has 0 aliphatic heterocycles. The van der Waals surface area contributed by atoms with Crippen LogP contribution in [0, 0.1) is 0 Å². The van der Waals surface area contributed by atoms with Gasteiger partial charge in [0.15, 0.2) is 0 Å². The molecule has 0 heterocycles. The molecule has 1 N–H and O–H groups in total. The maximum Gasteiger partial charge on any atom is 0.0402 e. The van der Waals surface area contributed by atoms with Crippen LogP contribution < -0.4 is 0 Å². The monoisotopic (exact) mass is 364 g/mol. The van der Waals surface area contributed by atoms with Crippen LogP contribution in [-0.4, -0.2) is 11.7 Å². The van der Waals surface area contributed by atoms with Gasteiger partial charge in [-0.3, -0.25) is 0 Å². The van der Waals surface area contributed by atoms with Gasteiger partial charge in [0.1, 0.15) is 0 Å². The quantitative estimate of drug-likeness (QED) is 0.545. The highest BCUT2D eigenvalue weighted by molar-refractivity contribution is 5.26. The Balaban J connectivity index is 0.000000358. The second-order valence-electron chi connectivity index (χ2n) is 5.79. The first-order valence-electron chi connectivity index (χ1n) is 9.94. The van der Waals surface area contributed by atoms with Gasteiger partial charge in [-0.1, -0.05) is 112 Å². The number of hydrogen-bond acceptors (Lipinski definition) is 1. The van der Waals surface area contributed by atoms with Crippen molar-refractivity contribution in [3.05, 3.63) is 108 Å². The van der Waals surface area contributed by atoms with Gasteiger partial charge in [-0.25, -0.2) is 0 Å². The van der Waals surface area contributed by atoms with E-state index >= 15 is 0 Å². The lowest BCUT2D eigenvalue weighted by molar-refractivity contribution is 0.318. The largest absolute Gasteiger partial charge is 0.397 e. The van der Waals surface area contributed by atoms with E-state index in [2.05, 4.69) is 69.3 Å². The predicted octanol–water partition coefficient (Wildman–Crippen LogP) is 6.75. The lowest BCUT2D eigenvalue weighted by atomic mass is 10.0. The molecule has 0 bridgehead atoms. The molecule has 3 rings (SSSR count). The normalized spacial score (nSPS) is 8.78. The topological polar surface area (TPSA) is 20.2 Å². The van der Waals surface area contributed by atoms with Crippen molar-refractivity contribution < 1.29 is 5.11 Å². The first-order chi connectivity index (χ1) is 13.2. The zero-order valence-corrected chi connectivity index (χ0v) is 17.4. The highest BCUT2D eigenvalue weighted by Crippen LogP contribution is 2.08. The fraction of sp³-hybridized carbons (Fsp3) is 0.308. The van der Waals surface area contributed by atoms with E-state index in [1.54, 1.807) is 6.92 Å². The molecule has 0 saturated carbocycles. The van der Waals surface area contributed by atoms with E-state index in [-0.39, 0.29) is 6.61 Å². The molecule has 3 aromatic carbocycles. The van der Waals surface area contributed by atoms with Crippen molar-refractivity contribution in [1.82, 2.24) is 0 Å². The van der Waals surface area contributed by atoms with Gasteiger partial charge >= 0.3 is 0 Å². The zero-order valence-electron chi connectivity index (χ0n) is 17.4. The van der Waals surface area contributed by atoms with Crippen LogP contribution in [0.25, 0.3) is 0 Å². The van der Waals surface area contributed by atoms with E-state index in [9.17, 15) is 0 Å². The molecule has 3 aromatic rings. The fourth-order valence-electron chi connectivity index (χ4n) is 2.35. The molecule has 0 fully saturated rings. The Morgan fingerprint density at radius 3 is 1.04 bits per heavy atom. The molecule has 0 aliphatic rings. The molecular weight excluding hydrogens is 328 g/mol. The minimum absolute atomic E-state index is 0.250. The Labute approximate surface area is 166 Å². The van der Waals surface area contributed by atoms with Gasteiger partial charge in [0, 0.05) is 6.61 Å². The number of aryl methyl sites for hydroxylation is 3. The number of benzene rings is 3. The molecule has 146 valence electrons. The molecule has 1 heteroatoms. The standard InChI is InChI=1S/C10H14.C8H10.C6H6.C2H6O/c1-3-9-7-5-6-8-10(9)4-2;1-2-8-6-4-3-5-7-8;1-2-4-6-5-3-1;1-2-3/h5-8H,3-4H2,1-2H3;3-7H,2H2,1H3;1-6H;3H,2H2,1H3. The van der Waals surface area contributed by atoms with Crippen LogP contribution in [0.5, 0.6) is 0 Å². The predicted molar refractivity (Wildman–Crippen MR) is 120 cm³/mol. The maximum absolute atomic E-state index is 7.57. The summed E-state index contributed by atoms with van der Waals surface area (Å²) in [4.78, 5) is 0. The number of aliphatic hydroxyl groups is 1. The lowest BCUT2D eigenvalue weighted by Gasteiger charge is -2.02. The third-order valence-corrected chi connectivity index (χ3v) is 3.80. The molecule has 0 saturated heterocycles. The van der Waals surface area contributed by atoms with E-state index < -0.39 is 0 Å². The Bertz CT molecular complexity index is 598. The van der Waals surface area contributed by atoms with Crippen LogP contribution in [0.15, 0.2) is 91.0 Å². The van der Waals surface area contributed by atoms with Crippen LogP contribution in [0.4, 0.5) is 0 Å². The minimum Gasteiger partial charge on any atom is -0.397 e. The summed E-state index contributed by atoms with van der Waals surface area (Å²) >= 11 is 0. The van der Waals surface area contributed by atoms with Crippen molar-refractivity contribution in [2.24, 2.45) is 0 Å². The lowest BCUT2D eigenvalue weighted by Crippen LogP contribution is -1.88. The summed E-state index contributed by atoms with van der Waals surface area (Å²) in [7, 11) is 0. The third kappa shape index (κ3) is 13.5. The second-order valence-corrected chi connectivity index (χ2v) is 5.79. The second kappa shape index (κ2) is 18.4. The summed E-state index contributed by atoms with van der Waals surface area (Å²) in [5.41, 5.74) is 4.39. The van der Waals surface area contributed by atoms with Crippen molar-refractivity contribution in [2.45, 2.75) is 47.0 Å². The summed E-state index contributed by atoms with van der Waals surface area (Å²) in [6, 6.07) is 31.1. The molecule has 0 radical (unpaired) electrons. The van der Waals surface area contributed by atoms with Gasteiger partial charge < -0.3 is 5.11 Å². The van der Waals surface area contributed by atoms with Crippen molar-refractivity contribution in [3.8, 4) is 0 Å². The molecule has 0 aromatic heterocycles. The smallest absolute Gasteiger partial charge is 0.0402 e. The number of rotatable bonds is 3. The summed E-state index contributed by atoms with van der Waals surface area (Å²) in [6.45, 7) is 8.50. The first kappa shape index (κ1) is 24.6. The third-order valence-electron chi connectivity index (χ3n) is 3.80. The molecule has 0 amide bonds. The van der Waals surface area contributed by atoms with Gasteiger partial charge in [-0.2, -0.15) is 0 Å². The first-order valence-corrected chi connectivity index (χ1v) is 9.94. The van der Waals surface area contributed by atoms with E-state index in [0.717, 1.165) is 19.3 Å². The Morgan fingerprint density at radius 1 is 0.481 bits per heavy atom. The van der Waals surface area contributed by atoms with Crippen LogP contribution in [0.3, 0.4) is 0 Å². The van der Waals surface area contributed by atoms with Crippen molar-refractivity contribution in [2.75, 3.05) is 6.61 Å². The van der Waals surface area contributed by atoms with Gasteiger partial charge in [0.05, 0.1) is 0 Å². The van der Waals surface area contributed by atoms with Crippen molar-refractivity contribution in [3.63, 3.8) is 0 Å². The van der Waals surface area contributed by atoms with Gasteiger partial charge in [0.25, 0.3) is 0 Å². The highest BCUT2D eigenvalue weighted by Gasteiger charge is 1.93. The molecule has 0 atom stereocenters. The Kier molecular flexibility index (Phi) is 16.8. The summed E-state index contributed by atoms with van der Waals surface area (Å²) < 4.78 is 0. The summed E-state index contributed by atoms with van der Waals surface area (Å²) in [6.07, 6.45) is 3.45. The number of hydrogen-bond donors (Lipinski definition) is 1. The van der Waals surface area contributed by atoms with Crippen LogP contribution >= 0.6 is 0 Å². The van der Waals surface area contributed by atoms with E-state index in [4.69, 9.17) is 5.11 Å². The van der Waals surface area contributed by atoms with Crippen molar-refractivity contribution >= 4 is 0 Å². The minimum atomic E-state index is 0.250. The molecule has 0 spiro atoms. The molecule has 27 heavy (non-hydrogen) atoms. The molecule has 0 unspecified atom stereocenters. The molecule has 1 nitrogen and oxygen atoms in total. The Hall–Kier alpha value is -2.38. The van der Waals surface area contributed by atoms with E-state index in [1.165, 1.54) is 16.7 Å². The zero-order chi connectivity index (χ0) is 20.2. The Morgan fingerprint density at radius 2 is 0.778 bits per heavy atom. The van der Waals surface area contributed by atoms with E-state index in [1.807, 2.05) is 42.5 Å². The van der Waals surface area contributed by atoms with Crippen LogP contribution in [-0.2, 0) is 19.3 Å². The molecular formula is C26H36O.